The maximum Gasteiger partial charge on any atom is -0.00264 e. The smallest absolute Gasteiger partial charge is 0.00264 e. The second-order valence-corrected chi connectivity index (χ2v) is 5.42. The van der Waals surface area contributed by atoms with Gasteiger partial charge in [-0.2, -0.15) is 0 Å². The van der Waals surface area contributed by atoms with Crippen molar-refractivity contribution in [3.8, 4) is 0 Å². The first-order valence-corrected chi connectivity index (χ1v) is 7.20. The molecule has 5 aromatic rings. The van der Waals surface area contributed by atoms with Gasteiger partial charge in [0.1, 0.15) is 0 Å². The highest BCUT2D eigenvalue weighted by molar-refractivity contribution is 6.32. The zero-order valence-corrected chi connectivity index (χ0v) is 11.9. The van der Waals surface area contributed by atoms with Gasteiger partial charge in [-0.3, -0.25) is 0 Å². The van der Waals surface area contributed by atoms with Crippen LogP contribution in [-0.4, -0.2) is 0 Å². The summed E-state index contributed by atoms with van der Waals surface area (Å²) in [4.78, 5) is 0. The molecule has 0 unspecified atom stereocenters. The molecule has 0 N–H and O–H groups in total. The topological polar surface area (TPSA) is 23.8 Å². The second kappa shape index (κ2) is 4.72. The molecular weight excluding hydrogens is 266 g/mol. The second-order valence-electron chi connectivity index (χ2n) is 5.42. The van der Waals surface area contributed by atoms with Crippen molar-refractivity contribution in [3.63, 3.8) is 0 Å². The highest BCUT2D eigenvalue weighted by Gasteiger charge is 2.11. The van der Waals surface area contributed by atoms with Crippen LogP contribution in [0.5, 0.6) is 0 Å². The lowest BCUT2D eigenvalue weighted by molar-refractivity contribution is 1.53. The van der Waals surface area contributed by atoms with Gasteiger partial charge in [0.25, 0.3) is 0 Å². The predicted octanol–water partition coefficient (Wildman–Crippen LogP) is 5.83. The lowest BCUT2D eigenvalue weighted by Gasteiger charge is -2.13. The van der Waals surface area contributed by atoms with Crippen LogP contribution < -0.4 is 0 Å². The largest absolute Gasteiger partial charge is 0.512 e. The lowest BCUT2D eigenvalue weighted by Crippen LogP contribution is -1.85. The summed E-state index contributed by atoms with van der Waals surface area (Å²) >= 11 is 0. The van der Waals surface area contributed by atoms with Crippen LogP contribution in [0.1, 0.15) is 0 Å². The van der Waals surface area contributed by atoms with Gasteiger partial charge in [0.15, 0.2) is 0 Å². The fourth-order valence-corrected chi connectivity index (χ4v) is 3.58. The van der Waals surface area contributed by atoms with Crippen LogP contribution >= 0.6 is 0 Å². The van der Waals surface area contributed by atoms with Gasteiger partial charge < -0.3 is 11.8 Å². The standard InChI is InChI=1S/C20H12.CN/c1-5-13-6-2-11-17-18-12-4-8-14-7-3-10-16(20(14)18)15(9-1)19(13)17;1-2/h1-12H;/q;-1. The van der Waals surface area contributed by atoms with E-state index >= 15 is 0 Å². The highest BCUT2D eigenvalue weighted by atomic mass is 14.2. The molecular formula is C21H12N-. The fraction of sp³-hybridized carbons (Fsp3) is 0. The van der Waals surface area contributed by atoms with Gasteiger partial charge in [0, 0.05) is 0 Å². The first-order valence-electron chi connectivity index (χ1n) is 7.20. The molecule has 0 fully saturated rings. The zero-order valence-electron chi connectivity index (χ0n) is 11.9. The van der Waals surface area contributed by atoms with E-state index in [4.69, 9.17) is 11.8 Å². The minimum atomic E-state index is 1.33. The van der Waals surface area contributed by atoms with Gasteiger partial charge in [0.2, 0.25) is 0 Å². The highest BCUT2D eigenvalue weighted by Crippen LogP contribution is 2.39. The van der Waals surface area contributed by atoms with E-state index in [1.165, 1.54) is 43.1 Å². The van der Waals surface area contributed by atoms with E-state index in [1.807, 2.05) is 0 Å². The summed E-state index contributed by atoms with van der Waals surface area (Å²) in [6.07, 6.45) is 0. The number of rotatable bonds is 0. The summed E-state index contributed by atoms with van der Waals surface area (Å²) in [5.41, 5.74) is 0. The molecule has 5 aromatic carbocycles. The third-order valence-electron chi connectivity index (χ3n) is 4.39. The minimum Gasteiger partial charge on any atom is -0.512 e. The number of nitrogens with zero attached hydrogens (tertiary/aromatic N) is 1. The van der Waals surface area contributed by atoms with Crippen molar-refractivity contribution in [2.24, 2.45) is 0 Å². The Morgan fingerprint density at radius 1 is 0.455 bits per heavy atom. The third-order valence-corrected chi connectivity index (χ3v) is 4.39. The number of fused-ring (bicyclic) bond motifs is 2. The van der Waals surface area contributed by atoms with Crippen molar-refractivity contribution in [1.82, 2.24) is 0 Å². The molecule has 0 heterocycles. The number of hydrogen-bond donors (Lipinski definition) is 0. The summed E-state index contributed by atoms with van der Waals surface area (Å²) in [6.45, 7) is 4.75. The molecule has 102 valence electrons. The molecule has 22 heavy (non-hydrogen) atoms. The average molecular weight is 278 g/mol. The molecule has 0 amide bonds. The maximum atomic E-state index is 6.25. The quantitative estimate of drug-likeness (QED) is 0.198. The van der Waals surface area contributed by atoms with E-state index in [9.17, 15) is 0 Å². The molecule has 0 atom stereocenters. The van der Waals surface area contributed by atoms with Gasteiger partial charge in [-0.25, -0.2) is 0 Å². The molecule has 0 aliphatic heterocycles. The van der Waals surface area contributed by atoms with E-state index < -0.39 is 0 Å². The predicted molar refractivity (Wildman–Crippen MR) is 92.6 cm³/mol. The van der Waals surface area contributed by atoms with Gasteiger partial charge in [-0.05, 0) is 43.1 Å². The van der Waals surface area contributed by atoms with Gasteiger partial charge in [-0.15, -0.1) is 0 Å². The Morgan fingerprint density at radius 2 is 0.727 bits per heavy atom. The Kier molecular flexibility index (Phi) is 2.71. The van der Waals surface area contributed by atoms with Crippen molar-refractivity contribution < 1.29 is 0 Å². The fourth-order valence-electron chi connectivity index (χ4n) is 3.58. The molecule has 0 radical (unpaired) electrons. The number of benzene rings is 5. The Balaban J connectivity index is 0.000000602. The molecule has 0 aromatic heterocycles. The molecule has 1 nitrogen and oxygen atoms in total. The van der Waals surface area contributed by atoms with Crippen molar-refractivity contribution in [3.05, 3.63) is 79.4 Å². The molecule has 1 heteroatoms. The van der Waals surface area contributed by atoms with Gasteiger partial charge >= 0.3 is 0 Å². The zero-order chi connectivity index (χ0) is 15.1. The molecule has 5 rings (SSSR count). The van der Waals surface area contributed by atoms with Gasteiger partial charge in [0.05, 0.1) is 0 Å². The van der Waals surface area contributed by atoms with Crippen LogP contribution in [0.2, 0.25) is 0 Å². The van der Waals surface area contributed by atoms with Crippen molar-refractivity contribution >= 4 is 43.1 Å². The summed E-state index contributed by atoms with van der Waals surface area (Å²) in [7, 11) is 0. The number of hydrogen-bond acceptors (Lipinski definition) is 1. The van der Waals surface area contributed by atoms with Crippen LogP contribution in [0.15, 0.2) is 72.8 Å². The molecule has 0 saturated heterocycles. The normalized spacial score (nSPS) is 11.0. The average Bonchev–Trinajstić information content (AvgIpc) is 2.61. The van der Waals surface area contributed by atoms with Crippen LogP contribution in [0.3, 0.4) is 0 Å². The van der Waals surface area contributed by atoms with E-state index in [-0.39, 0.29) is 0 Å². The van der Waals surface area contributed by atoms with Gasteiger partial charge in [-0.1, -0.05) is 72.8 Å². The Labute approximate surface area is 128 Å². The lowest BCUT2D eigenvalue weighted by atomic mass is 9.90. The van der Waals surface area contributed by atoms with Crippen molar-refractivity contribution in [1.29, 1.82) is 5.26 Å². The summed E-state index contributed by atoms with van der Waals surface area (Å²) in [5.74, 6) is 0. The molecule has 0 aliphatic carbocycles. The first-order chi connectivity index (χ1) is 10.9. The third kappa shape index (κ3) is 1.52. The summed E-state index contributed by atoms with van der Waals surface area (Å²) in [6, 6.07) is 26.4. The van der Waals surface area contributed by atoms with Crippen molar-refractivity contribution in [2.45, 2.75) is 0 Å². The summed E-state index contributed by atoms with van der Waals surface area (Å²) in [5, 5.41) is 17.1. The van der Waals surface area contributed by atoms with Crippen LogP contribution in [0.4, 0.5) is 0 Å². The van der Waals surface area contributed by atoms with E-state index in [2.05, 4.69) is 72.8 Å². The monoisotopic (exact) mass is 278 g/mol. The Hall–Kier alpha value is -3.11. The summed E-state index contributed by atoms with van der Waals surface area (Å²) < 4.78 is 0. The molecule has 0 bridgehead atoms. The first kappa shape index (κ1) is 12.6. The minimum absolute atomic E-state index is 1.33. The van der Waals surface area contributed by atoms with E-state index in [1.54, 1.807) is 0 Å². The van der Waals surface area contributed by atoms with Crippen LogP contribution in [0.25, 0.3) is 43.1 Å². The Morgan fingerprint density at radius 3 is 1.00 bits per heavy atom. The van der Waals surface area contributed by atoms with Crippen LogP contribution in [-0.2, 0) is 0 Å². The van der Waals surface area contributed by atoms with E-state index in [0.29, 0.717) is 0 Å². The van der Waals surface area contributed by atoms with Crippen LogP contribution in [0, 0.1) is 11.8 Å². The maximum absolute atomic E-state index is 6.25. The molecule has 0 saturated carbocycles. The molecule has 0 aliphatic rings. The molecule has 0 spiro atoms. The SMILES string of the molecule is [C-]#N.c1cc2cccc3c4cccc5cccc(c(c1)c23)c54. The van der Waals surface area contributed by atoms with E-state index in [0.717, 1.165) is 0 Å². The van der Waals surface area contributed by atoms with Crippen molar-refractivity contribution in [2.75, 3.05) is 0 Å². The Bertz CT molecular complexity index is 966.